The van der Waals surface area contributed by atoms with Crippen molar-refractivity contribution in [2.75, 3.05) is 17.3 Å². The van der Waals surface area contributed by atoms with Crippen molar-refractivity contribution in [2.45, 2.75) is 92.9 Å². The van der Waals surface area contributed by atoms with Gasteiger partial charge in [0, 0.05) is 30.5 Å². The lowest BCUT2D eigenvalue weighted by atomic mass is 9.78. The Morgan fingerprint density at radius 3 is 1.66 bits per heavy atom. The molecule has 0 bridgehead atoms. The molecule has 3 rings (SSSR count). The molecule has 0 aliphatic heterocycles. The minimum atomic E-state index is -0.184. The maximum atomic E-state index is 13.0. The van der Waals surface area contributed by atoms with Crippen LogP contribution >= 0.6 is 0 Å². The number of phenols is 1. The average Bonchev–Trinajstić information content (AvgIpc) is 2.89. The van der Waals surface area contributed by atoms with Gasteiger partial charge < -0.3 is 15.3 Å². The summed E-state index contributed by atoms with van der Waals surface area (Å²) in [6.07, 6.45) is 1.03. The maximum Gasteiger partial charge on any atom is 0.227 e. The highest BCUT2D eigenvalue weighted by Gasteiger charge is 2.26. The van der Waals surface area contributed by atoms with Crippen LogP contribution in [0.4, 0.5) is 17.1 Å². The summed E-state index contributed by atoms with van der Waals surface area (Å²) < 4.78 is 0. The second-order valence-electron chi connectivity index (χ2n) is 11.0. The number of hydrogen-bond acceptors (Lipinski definition) is 3. The lowest BCUT2D eigenvalue weighted by molar-refractivity contribution is -0.118. The summed E-state index contributed by atoms with van der Waals surface area (Å²) in [5, 5.41) is 14.3. The molecule has 0 atom stereocenters. The van der Waals surface area contributed by atoms with Gasteiger partial charge in [0.1, 0.15) is 5.75 Å². The molecule has 208 valence electrons. The summed E-state index contributed by atoms with van der Waals surface area (Å²) in [6.45, 7) is 20.6. The summed E-state index contributed by atoms with van der Waals surface area (Å²) in [6, 6.07) is 22.0. The summed E-state index contributed by atoms with van der Waals surface area (Å²) in [5.41, 5.74) is 5.43. The highest BCUT2D eigenvalue weighted by molar-refractivity contribution is 5.93. The van der Waals surface area contributed by atoms with Crippen molar-refractivity contribution < 1.29 is 9.90 Å². The van der Waals surface area contributed by atoms with E-state index < -0.39 is 0 Å². The first-order valence-electron chi connectivity index (χ1n) is 13.9. The smallest absolute Gasteiger partial charge is 0.227 e. The largest absolute Gasteiger partial charge is 0.507 e. The van der Waals surface area contributed by atoms with E-state index in [1.165, 1.54) is 0 Å². The van der Waals surface area contributed by atoms with E-state index in [4.69, 9.17) is 0 Å². The molecule has 0 fully saturated rings. The number of carbonyl (C=O) groups is 1. The molecule has 0 saturated carbocycles. The number of anilines is 3. The number of nitrogens with one attached hydrogen (secondary N) is 1. The second kappa shape index (κ2) is 14.6. The standard InChI is InChI=1S/C30H38N2O2.2C2H6/c1-29(2,3)25-19-21(20-26(28(25)34)30(4,5)6)13-18-27(33)32(7)24-16-14-23(15-17-24)31-22-11-9-8-10-12-22;2*1-2/h8-12,14-17,19-20,31,34H,13,18H2,1-7H3;2*1-2H3. The maximum absolute atomic E-state index is 13.0. The molecule has 0 unspecified atom stereocenters. The van der Waals surface area contributed by atoms with Crippen LogP contribution in [0.15, 0.2) is 66.7 Å². The molecule has 2 N–H and O–H groups in total. The van der Waals surface area contributed by atoms with E-state index in [1.807, 2.05) is 89.3 Å². The fourth-order valence-corrected chi connectivity index (χ4v) is 4.00. The van der Waals surface area contributed by atoms with Gasteiger partial charge in [0.15, 0.2) is 0 Å². The Hall–Kier alpha value is -3.27. The van der Waals surface area contributed by atoms with Crippen LogP contribution in [0.5, 0.6) is 5.75 Å². The van der Waals surface area contributed by atoms with Crippen LogP contribution in [0.25, 0.3) is 0 Å². The summed E-state index contributed by atoms with van der Waals surface area (Å²) in [5.74, 6) is 0.433. The molecular formula is C34H50N2O2. The molecule has 4 nitrogen and oxygen atoms in total. The number of amides is 1. The zero-order valence-electron chi connectivity index (χ0n) is 25.6. The number of nitrogens with zero attached hydrogens (tertiary/aromatic N) is 1. The Bertz CT molecular complexity index is 1090. The third kappa shape index (κ3) is 9.24. The first-order valence-corrected chi connectivity index (χ1v) is 13.9. The topological polar surface area (TPSA) is 52.6 Å². The van der Waals surface area contributed by atoms with Crippen molar-refractivity contribution >= 4 is 23.0 Å². The lowest BCUT2D eigenvalue weighted by Gasteiger charge is -2.28. The van der Waals surface area contributed by atoms with Gasteiger partial charge in [-0.15, -0.1) is 0 Å². The van der Waals surface area contributed by atoms with Gasteiger partial charge in [0.2, 0.25) is 5.91 Å². The van der Waals surface area contributed by atoms with Gasteiger partial charge in [-0.2, -0.15) is 0 Å². The summed E-state index contributed by atoms with van der Waals surface area (Å²) in [4.78, 5) is 14.7. The second-order valence-corrected chi connectivity index (χ2v) is 11.0. The van der Waals surface area contributed by atoms with E-state index in [2.05, 4.69) is 59.0 Å². The van der Waals surface area contributed by atoms with E-state index >= 15 is 0 Å². The molecule has 0 aromatic heterocycles. The third-order valence-electron chi connectivity index (χ3n) is 6.10. The zero-order valence-corrected chi connectivity index (χ0v) is 25.6. The van der Waals surface area contributed by atoms with Crippen molar-refractivity contribution in [1.82, 2.24) is 0 Å². The normalized spacial score (nSPS) is 10.9. The fraction of sp³-hybridized carbons (Fsp3) is 0.441. The minimum Gasteiger partial charge on any atom is -0.507 e. The molecule has 0 heterocycles. The Labute approximate surface area is 232 Å². The molecule has 0 saturated heterocycles. The van der Waals surface area contributed by atoms with Gasteiger partial charge in [0.25, 0.3) is 0 Å². The SMILES string of the molecule is CC.CC.CN(C(=O)CCc1cc(C(C)(C)C)c(O)c(C(C)(C)C)c1)c1ccc(Nc2ccccc2)cc1. The molecule has 38 heavy (non-hydrogen) atoms. The number of hydrogen-bond donors (Lipinski definition) is 2. The van der Waals surface area contributed by atoms with Gasteiger partial charge in [-0.1, -0.05) is 99.6 Å². The molecule has 1 amide bonds. The molecule has 0 aliphatic rings. The van der Waals surface area contributed by atoms with Crippen LogP contribution in [0.2, 0.25) is 0 Å². The van der Waals surface area contributed by atoms with Gasteiger partial charge in [-0.25, -0.2) is 0 Å². The number of rotatable bonds is 6. The summed E-state index contributed by atoms with van der Waals surface area (Å²) >= 11 is 0. The van der Waals surface area contributed by atoms with Crippen molar-refractivity contribution in [1.29, 1.82) is 0 Å². The summed E-state index contributed by atoms with van der Waals surface area (Å²) in [7, 11) is 1.82. The van der Waals surface area contributed by atoms with Crippen LogP contribution < -0.4 is 10.2 Å². The molecule has 0 spiro atoms. The van der Waals surface area contributed by atoms with E-state index in [0.717, 1.165) is 33.8 Å². The first-order chi connectivity index (χ1) is 17.9. The number of phenolic OH excluding ortho intramolecular Hbond substituents is 1. The van der Waals surface area contributed by atoms with Crippen molar-refractivity contribution in [3.8, 4) is 5.75 Å². The van der Waals surface area contributed by atoms with Crippen LogP contribution in [0.3, 0.4) is 0 Å². The Morgan fingerprint density at radius 2 is 1.21 bits per heavy atom. The molecule has 0 radical (unpaired) electrons. The van der Waals surface area contributed by atoms with Crippen LogP contribution in [-0.2, 0) is 22.0 Å². The molecule has 3 aromatic carbocycles. The van der Waals surface area contributed by atoms with Gasteiger partial charge in [-0.05, 0) is 70.3 Å². The molecule has 0 aliphatic carbocycles. The van der Waals surface area contributed by atoms with Crippen LogP contribution in [0.1, 0.15) is 92.3 Å². The molecule has 3 aromatic rings. The monoisotopic (exact) mass is 518 g/mol. The van der Waals surface area contributed by atoms with Gasteiger partial charge >= 0.3 is 0 Å². The first kappa shape index (κ1) is 32.8. The number of aryl methyl sites for hydroxylation is 1. The predicted molar refractivity (Wildman–Crippen MR) is 166 cm³/mol. The Morgan fingerprint density at radius 1 is 0.763 bits per heavy atom. The Balaban J connectivity index is 0.00000172. The average molecular weight is 519 g/mol. The van der Waals surface area contributed by atoms with E-state index in [9.17, 15) is 9.90 Å². The third-order valence-corrected chi connectivity index (χ3v) is 6.10. The van der Waals surface area contributed by atoms with E-state index in [0.29, 0.717) is 18.6 Å². The van der Waals surface area contributed by atoms with E-state index in [-0.39, 0.29) is 16.7 Å². The predicted octanol–water partition coefficient (Wildman–Crippen LogP) is 9.38. The van der Waals surface area contributed by atoms with Gasteiger partial charge in [-0.3, -0.25) is 4.79 Å². The zero-order chi connectivity index (χ0) is 29.1. The number of carbonyl (C=O) groups excluding carboxylic acids is 1. The minimum absolute atomic E-state index is 0.0615. The van der Waals surface area contributed by atoms with E-state index in [1.54, 1.807) is 4.90 Å². The van der Waals surface area contributed by atoms with Gasteiger partial charge in [0.05, 0.1) is 0 Å². The lowest BCUT2D eigenvalue weighted by Crippen LogP contribution is -2.26. The molecule has 4 heteroatoms. The quantitative estimate of drug-likeness (QED) is 0.342. The number of benzene rings is 3. The van der Waals surface area contributed by atoms with Crippen molar-refractivity contribution in [3.05, 3.63) is 83.4 Å². The van der Waals surface area contributed by atoms with Crippen LogP contribution in [0, 0.1) is 0 Å². The van der Waals surface area contributed by atoms with Crippen molar-refractivity contribution in [3.63, 3.8) is 0 Å². The number of para-hydroxylation sites is 1. The number of aromatic hydroxyl groups is 1. The van der Waals surface area contributed by atoms with Crippen LogP contribution in [-0.4, -0.2) is 18.1 Å². The molecular weight excluding hydrogens is 468 g/mol. The fourth-order valence-electron chi connectivity index (χ4n) is 4.00. The highest BCUT2D eigenvalue weighted by Crippen LogP contribution is 2.40. The highest BCUT2D eigenvalue weighted by atomic mass is 16.3. The Kier molecular flexibility index (Phi) is 12.6. The van der Waals surface area contributed by atoms with Crippen molar-refractivity contribution in [2.24, 2.45) is 0 Å².